The number of hydrogen-bond donors (Lipinski definition) is 2. The van der Waals surface area contributed by atoms with E-state index < -0.39 is 11.6 Å². The number of guanidine groups is 1. The lowest BCUT2D eigenvalue weighted by molar-refractivity contribution is 0.424. The zero-order valence-electron chi connectivity index (χ0n) is 14.0. The van der Waals surface area contributed by atoms with Gasteiger partial charge >= 0.3 is 0 Å². The van der Waals surface area contributed by atoms with E-state index in [1.807, 2.05) is 18.2 Å². The van der Waals surface area contributed by atoms with Crippen LogP contribution in [-0.2, 0) is 0 Å². The van der Waals surface area contributed by atoms with E-state index in [2.05, 4.69) is 27.3 Å². The van der Waals surface area contributed by atoms with Crippen LogP contribution in [0.25, 0.3) is 0 Å². The number of aliphatic imine (C=N–C) groups is 1. The molecule has 1 heterocycles. The Bertz CT molecular complexity index is 733. The molecule has 0 aromatic heterocycles. The van der Waals surface area contributed by atoms with Gasteiger partial charge in [0.15, 0.2) is 5.96 Å². The Morgan fingerprint density at radius 1 is 1.20 bits per heavy atom. The summed E-state index contributed by atoms with van der Waals surface area (Å²) in [6.07, 6.45) is 2.18. The Labute approximate surface area is 146 Å². The lowest BCUT2D eigenvalue weighted by Crippen LogP contribution is -2.37. The molecule has 0 spiro atoms. The highest BCUT2D eigenvalue weighted by molar-refractivity contribution is 5.92. The summed E-state index contributed by atoms with van der Waals surface area (Å²) in [6, 6.07) is 13.5. The molecule has 2 aromatic rings. The molecule has 1 unspecified atom stereocenters. The van der Waals surface area contributed by atoms with Crippen LogP contribution in [0.1, 0.15) is 12.8 Å². The highest BCUT2D eigenvalue weighted by atomic mass is 19.1. The lowest BCUT2D eigenvalue weighted by atomic mass is 9.97. The number of nitrogens with one attached hydrogen (secondary N) is 1. The molecule has 0 radical (unpaired) electrons. The van der Waals surface area contributed by atoms with Crippen LogP contribution in [0.4, 0.5) is 20.2 Å². The quantitative estimate of drug-likeness (QED) is 0.658. The van der Waals surface area contributed by atoms with Crippen LogP contribution >= 0.6 is 0 Å². The number of nitrogens with zero attached hydrogens (tertiary/aromatic N) is 2. The number of rotatable bonds is 4. The van der Waals surface area contributed by atoms with Crippen LogP contribution in [0.3, 0.4) is 0 Å². The summed E-state index contributed by atoms with van der Waals surface area (Å²) in [4.78, 5) is 6.66. The summed E-state index contributed by atoms with van der Waals surface area (Å²) in [5.74, 6) is -0.608. The minimum atomic E-state index is -0.563. The first-order valence-electron chi connectivity index (χ1n) is 8.44. The monoisotopic (exact) mass is 344 g/mol. The predicted molar refractivity (Wildman–Crippen MR) is 97.8 cm³/mol. The van der Waals surface area contributed by atoms with Crippen molar-refractivity contribution in [2.45, 2.75) is 12.8 Å². The zero-order valence-corrected chi connectivity index (χ0v) is 14.0. The summed E-state index contributed by atoms with van der Waals surface area (Å²) in [5.41, 5.74) is 7.03. The number of para-hydroxylation sites is 1. The largest absolute Gasteiger partial charge is 0.371 e. The smallest absolute Gasteiger partial charge is 0.193 e. The summed E-state index contributed by atoms with van der Waals surface area (Å²) in [5, 5.41) is 2.63. The third kappa shape index (κ3) is 4.68. The third-order valence-corrected chi connectivity index (χ3v) is 4.35. The van der Waals surface area contributed by atoms with Gasteiger partial charge in [-0.3, -0.25) is 4.99 Å². The fourth-order valence-corrected chi connectivity index (χ4v) is 3.09. The van der Waals surface area contributed by atoms with Gasteiger partial charge in [-0.1, -0.05) is 18.2 Å². The molecule has 1 aliphatic heterocycles. The normalized spacial score (nSPS) is 18.2. The Morgan fingerprint density at radius 3 is 2.80 bits per heavy atom. The van der Waals surface area contributed by atoms with Crippen LogP contribution < -0.4 is 16.0 Å². The maximum Gasteiger partial charge on any atom is 0.193 e. The Morgan fingerprint density at radius 2 is 2.00 bits per heavy atom. The number of nitrogens with two attached hydrogens (primary N) is 1. The molecule has 132 valence electrons. The number of benzene rings is 2. The van der Waals surface area contributed by atoms with E-state index in [0.29, 0.717) is 12.5 Å². The van der Waals surface area contributed by atoms with Gasteiger partial charge in [0, 0.05) is 31.4 Å². The van der Waals surface area contributed by atoms with E-state index in [-0.39, 0.29) is 11.6 Å². The molecule has 0 saturated carbocycles. The molecule has 0 amide bonds. The van der Waals surface area contributed by atoms with Crippen LogP contribution in [0, 0.1) is 17.6 Å². The second kappa shape index (κ2) is 7.96. The van der Waals surface area contributed by atoms with Gasteiger partial charge in [0.2, 0.25) is 0 Å². The SMILES string of the molecule is NC(=NCC1CCCN(c2ccccc2)C1)Nc1cc(F)ccc1F. The molecule has 1 atom stereocenters. The van der Waals surface area contributed by atoms with Crippen molar-refractivity contribution in [1.82, 2.24) is 0 Å². The fourth-order valence-electron chi connectivity index (χ4n) is 3.09. The van der Waals surface area contributed by atoms with E-state index in [4.69, 9.17) is 5.73 Å². The molecule has 6 heteroatoms. The maximum atomic E-state index is 13.6. The van der Waals surface area contributed by atoms with Crippen molar-refractivity contribution in [3.63, 3.8) is 0 Å². The average molecular weight is 344 g/mol. The molecule has 2 aromatic carbocycles. The van der Waals surface area contributed by atoms with Crippen molar-refractivity contribution in [2.75, 3.05) is 29.9 Å². The number of halogens is 2. The molecular weight excluding hydrogens is 322 g/mol. The summed E-state index contributed by atoms with van der Waals surface area (Å²) in [6.45, 7) is 2.50. The molecule has 1 fully saturated rings. The lowest BCUT2D eigenvalue weighted by Gasteiger charge is -2.33. The third-order valence-electron chi connectivity index (χ3n) is 4.35. The minimum absolute atomic E-state index is 0.00388. The van der Waals surface area contributed by atoms with Crippen molar-refractivity contribution in [3.8, 4) is 0 Å². The molecule has 4 nitrogen and oxygen atoms in total. The Hall–Kier alpha value is -2.63. The van der Waals surface area contributed by atoms with E-state index in [1.165, 1.54) is 5.69 Å². The summed E-state index contributed by atoms with van der Waals surface area (Å²) >= 11 is 0. The minimum Gasteiger partial charge on any atom is -0.371 e. The van der Waals surface area contributed by atoms with Gasteiger partial charge < -0.3 is 16.0 Å². The van der Waals surface area contributed by atoms with Crippen LogP contribution in [-0.4, -0.2) is 25.6 Å². The molecule has 3 N–H and O–H groups in total. The van der Waals surface area contributed by atoms with Crippen molar-refractivity contribution < 1.29 is 8.78 Å². The van der Waals surface area contributed by atoms with Gasteiger partial charge in [0.1, 0.15) is 11.6 Å². The zero-order chi connectivity index (χ0) is 17.6. The van der Waals surface area contributed by atoms with Crippen molar-refractivity contribution >= 4 is 17.3 Å². The molecular formula is C19H22F2N4. The van der Waals surface area contributed by atoms with Crippen LogP contribution in [0.15, 0.2) is 53.5 Å². The van der Waals surface area contributed by atoms with E-state index in [9.17, 15) is 8.78 Å². The van der Waals surface area contributed by atoms with Gasteiger partial charge in [-0.2, -0.15) is 0 Å². The Balaban J connectivity index is 1.58. The molecule has 1 aliphatic rings. The van der Waals surface area contributed by atoms with Crippen LogP contribution in [0.2, 0.25) is 0 Å². The first-order valence-corrected chi connectivity index (χ1v) is 8.44. The molecule has 1 saturated heterocycles. The summed E-state index contributed by atoms with van der Waals surface area (Å²) in [7, 11) is 0. The number of piperidine rings is 1. The first-order chi connectivity index (χ1) is 12.1. The van der Waals surface area contributed by atoms with Crippen molar-refractivity contribution in [1.29, 1.82) is 0 Å². The molecule has 0 aliphatic carbocycles. The van der Waals surface area contributed by atoms with E-state index in [0.717, 1.165) is 44.1 Å². The summed E-state index contributed by atoms with van der Waals surface area (Å²) < 4.78 is 26.8. The Kier molecular flexibility index (Phi) is 5.48. The van der Waals surface area contributed by atoms with Gasteiger partial charge in [0.25, 0.3) is 0 Å². The topological polar surface area (TPSA) is 53.6 Å². The highest BCUT2D eigenvalue weighted by Crippen LogP contribution is 2.23. The average Bonchev–Trinajstić information content (AvgIpc) is 2.64. The highest BCUT2D eigenvalue weighted by Gasteiger charge is 2.19. The van der Waals surface area contributed by atoms with Gasteiger partial charge in [-0.25, -0.2) is 8.78 Å². The number of hydrogen-bond acceptors (Lipinski definition) is 2. The van der Waals surface area contributed by atoms with E-state index in [1.54, 1.807) is 0 Å². The predicted octanol–water partition coefficient (Wildman–Crippen LogP) is 3.61. The van der Waals surface area contributed by atoms with Crippen molar-refractivity contribution in [2.24, 2.45) is 16.6 Å². The molecule has 25 heavy (non-hydrogen) atoms. The fraction of sp³-hybridized carbons (Fsp3) is 0.316. The standard InChI is InChI=1S/C19H22F2N4/c20-15-8-9-17(21)18(11-15)24-19(22)23-12-14-5-4-10-25(13-14)16-6-2-1-3-7-16/h1-3,6-9,11,14H,4-5,10,12-13H2,(H3,22,23,24). The van der Waals surface area contributed by atoms with Gasteiger partial charge in [-0.15, -0.1) is 0 Å². The van der Waals surface area contributed by atoms with Crippen LogP contribution in [0.5, 0.6) is 0 Å². The number of anilines is 2. The van der Waals surface area contributed by atoms with Gasteiger partial charge in [-0.05, 0) is 43.0 Å². The molecule has 0 bridgehead atoms. The molecule has 3 rings (SSSR count). The van der Waals surface area contributed by atoms with Gasteiger partial charge in [0.05, 0.1) is 5.69 Å². The first kappa shape index (κ1) is 17.2. The maximum absolute atomic E-state index is 13.6. The van der Waals surface area contributed by atoms with E-state index >= 15 is 0 Å². The second-order valence-corrected chi connectivity index (χ2v) is 6.26. The van der Waals surface area contributed by atoms with Crippen molar-refractivity contribution in [3.05, 3.63) is 60.2 Å². The second-order valence-electron chi connectivity index (χ2n) is 6.26.